The normalized spacial score (nSPS) is 14.7. The minimum Gasteiger partial charge on any atom is -0.495 e. The lowest BCUT2D eigenvalue weighted by atomic mass is 10.1. The lowest BCUT2D eigenvalue weighted by Crippen LogP contribution is -2.29. The molecule has 4 aromatic rings. The first-order chi connectivity index (χ1) is 15.6. The van der Waals surface area contributed by atoms with E-state index in [1.54, 1.807) is 7.11 Å². The molecular formula is C25H24ClN3O2S. The van der Waals surface area contributed by atoms with Gasteiger partial charge < -0.3 is 10.1 Å². The smallest absolute Gasteiger partial charge is 0.265 e. The van der Waals surface area contributed by atoms with Gasteiger partial charge in [-0.3, -0.25) is 9.69 Å². The van der Waals surface area contributed by atoms with E-state index in [0.29, 0.717) is 21.2 Å². The van der Waals surface area contributed by atoms with Gasteiger partial charge in [-0.1, -0.05) is 30.2 Å². The van der Waals surface area contributed by atoms with E-state index in [4.69, 9.17) is 16.3 Å². The molecule has 0 atom stereocenters. The minimum atomic E-state index is -0.135. The molecule has 0 spiro atoms. The first-order valence-corrected chi connectivity index (χ1v) is 12.0. The van der Waals surface area contributed by atoms with Gasteiger partial charge in [0.05, 0.1) is 17.5 Å². The van der Waals surface area contributed by atoms with Crippen molar-refractivity contribution in [2.24, 2.45) is 0 Å². The molecule has 0 aliphatic carbocycles. The molecule has 0 unspecified atom stereocenters. The average Bonchev–Trinajstić information content (AvgIpc) is 3.24. The summed E-state index contributed by atoms with van der Waals surface area (Å²) in [5.74, 6) is 0.453. The molecule has 5 nitrogen and oxygen atoms in total. The molecule has 7 heteroatoms. The molecule has 0 saturated carbocycles. The van der Waals surface area contributed by atoms with Crippen molar-refractivity contribution in [3.63, 3.8) is 0 Å². The zero-order valence-corrected chi connectivity index (χ0v) is 19.4. The minimum absolute atomic E-state index is 0.135. The number of benzene rings is 2. The summed E-state index contributed by atoms with van der Waals surface area (Å²) in [6, 6.07) is 15.8. The van der Waals surface area contributed by atoms with Gasteiger partial charge in [0, 0.05) is 23.0 Å². The van der Waals surface area contributed by atoms with E-state index in [9.17, 15) is 4.79 Å². The van der Waals surface area contributed by atoms with Gasteiger partial charge >= 0.3 is 0 Å². The fourth-order valence-corrected chi connectivity index (χ4v) is 5.38. The number of nitrogens with zero attached hydrogens (tertiary/aromatic N) is 2. The Labute approximate surface area is 196 Å². The summed E-state index contributed by atoms with van der Waals surface area (Å²) < 4.78 is 5.29. The maximum Gasteiger partial charge on any atom is 0.265 e. The number of aromatic nitrogens is 1. The molecule has 1 saturated heterocycles. The van der Waals surface area contributed by atoms with Crippen LogP contribution in [0.3, 0.4) is 0 Å². The van der Waals surface area contributed by atoms with E-state index in [1.807, 2.05) is 36.4 Å². The maximum atomic E-state index is 12.9. The molecule has 3 heterocycles. The molecule has 5 rings (SSSR count). The Bertz CT molecular complexity index is 1280. The van der Waals surface area contributed by atoms with Gasteiger partial charge in [-0.2, -0.15) is 0 Å². The van der Waals surface area contributed by atoms with Crippen molar-refractivity contribution in [1.82, 2.24) is 9.88 Å². The first kappa shape index (κ1) is 21.2. The third kappa shape index (κ3) is 4.31. The molecule has 1 fully saturated rings. The van der Waals surface area contributed by atoms with Crippen molar-refractivity contribution in [3.8, 4) is 5.75 Å². The number of thiophene rings is 1. The largest absolute Gasteiger partial charge is 0.495 e. The number of pyridine rings is 1. The van der Waals surface area contributed by atoms with Crippen LogP contribution in [0.4, 0.5) is 5.69 Å². The molecular weight excluding hydrogens is 442 g/mol. The fraction of sp³-hybridized carbons (Fsp3) is 0.280. The third-order valence-corrected chi connectivity index (χ3v) is 7.30. The molecule has 1 N–H and O–H groups in total. The average molecular weight is 466 g/mol. The van der Waals surface area contributed by atoms with Crippen LogP contribution in [0.25, 0.3) is 21.1 Å². The fourth-order valence-electron chi connectivity index (χ4n) is 4.18. The van der Waals surface area contributed by atoms with Gasteiger partial charge in [-0.05, 0) is 67.9 Å². The number of anilines is 1. The second kappa shape index (κ2) is 9.06. The Balaban J connectivity index is 1.33. The van der Waals surface area contributed by atoms with Gasteiger partial charge in [0.2, 0.25) is 0 Å². The summed E-state index contributed by atoms with van der Waals surface area (Å²) in [6.45, 7) is 3.31. The molecule has 32 heavy (non-hydrogen) atoms. The zero-order valence-electron chi connectivity index (χ0n) is 17.9. The summed E-state index contributed by atoms with van der Waals surface area (Å²) in [7, 11) is 1.58. The molecule has 0 bridgehead atoms. The number of nitrogens with one attached hydrogen (secondary N) is 1. The molecule has 1 aliphatic heterocycles. The van der Waals surface area contributed by atoms with E-state index >= 15 is 0 Å². The van der Waals surface area contributed by atoms with Gasteiger partial charge in [-0.25, -0.2) is 4.98 Å². The highest BCUT2D eigenvalue weighted by Crippen LogP contribution is 2.35. The topological polar surface area (TPSA) is 54.5 Å². The number of carbonyl (C=O) groups excluding carboxylic acids is 1. The van der Waals surface area contributed by atoms with Gasteiger partial charge in [0.15, 0.2) is 0 Å². The number of hydrogen-bond acceptors (Lipinski definition) is 5. The Morgan fingerprint density at radius 2 is 1.88 bits per heavy atom. The summed E-state index contributed by atoms with van der Waals surface area (Å²) in [4.78, 5) is 21.4. The highest BCUT2D eigenvalue weighted by Gasteiger charge is 2.15. The van der Waals surface area contributed by atoms with E-state index in [-0.39, 0.29) is 5.91 Å². The predicted octanol–water partition coefficient (Wildman–Crippen LogP) is 6.35. The number of ether oxygens (including phenoxy) is 1. The van der Waals surface area contributed by atoms with Crippen LogP contribution in [0.15, 0.2) is 48.5 Å². The Morgan fingerprint density at radius 1 is 1.09 bits per heavy atom. The summed E-state index contributed by atoms with van der Waals surface area (Å²) in [5, 5.41) is 5.32. The summed E-state index contributed by atoms with van der Waals surface area (Å²) in [6.07, 6.45) is 3.91. The Morgan fingerprint density at radius 3 is 2.62 bits per heavy atom. The van der Waals surface area contributed by atoms with Crippen LogP contribution in [0.2, 0.25) is 5.02 Å². The Hall–Kier alpha value is -2.67. The van der Waals surface area contributed by atoms with Crippen LogP contribution in [0.5, 0.6) is 5.75 Å². The standard InChI is InChI=1S/C25H24ClN3O2S/c1-31-20-10-7-17-13-18-14-21(32-25(18)28-23(17)22(20)26)24(30)27-19-8-5-16(6-9-19)15-29-11-3-2-4-12-29/h5-10,13-14H,2-4,11-12,15H2,1H3,(H,27,30). The monoisotopic (exact) mass is 465 g/mol. The van der Waals surface area contributed by atoms with Crippen molar-refractivity contribution in [2.75, 3.05) is 25.5 Å². The van der Waals surface area contributed by atoms with Gasteiger partial charge in [0.25, 0.3) is 5.91 Å². The van der Waals surface area contributed by atoms with Crippen LogP contribution >= 0.6 is 22.9 Å². The van der Waals surface area contributed by atoms with E-state index < -0.39 is 0 Å². The number of fused-ring (bicyclic) bond motifs is 2. The molecule has 1 amide bonds. The SMILES string of the molecule is COc1ccc2cc3cc(C(=O)Nc4ccc(CN5CCCCC5)cc4)sc3nc2c1Cl. The van der Waals surface area contributed by atoms with E-state index in [2.05, 4.69) is 27.3 Å². The molecule has 164 valence electrons. The quantitative estimate of drug-likeness (QED) is 0.373. The Kier molecular flexibility index (Phi) is 6.00. The summed E-state index contributed by atoms with van der Waals surface area (Å²) in [5.41, 5.74) is 2.74. The van der Waals surface area contributed by atoms with Gasteiger partial charge in [-0.15, -0.1) is 11.3 Å². The number of rotatable bonds is 5. The summed E-state index contributed by atoms with van der Waals surface area (Å²) >= 11 is 7.79. The van der Waals surface area contributed by atoms with Gasteiger partial charge in [0.1, 0.15) is 15.6 Å². The molecule has 1 aliphatic rings. The zero-order chi connectivity index (χ0) is 22.1. The number of piperidine rings is 1. The number of hydrogen-bond donors (Lipinski definition) is 1. The number of amides is 1. The first-order valence-electron chi connectivity index (χ1n) is 10.8. The lowest BCUT2D eigenvalue weighted by molar-refractivity contribution is 0.103. The van der Waals surface area contributed by atoms with Crippen LogP contribution in [0.1, 0.15) is 34.5 Å². The highest BCUT2D eigenvalue weighted by molar-refractivity contribution is 7.20. The van der Waals surface area contributed by atoms with Crippen LogP contribution < -0.4 is 10.1 Å². The van der Waals surface area contributed by atoms with Crippen molar-refractivity contribution in [1.29, 1.82) is 0 Å². The third-order valence-electron chi connectivity index (χ3n) is 5.89. The molecule has 2 aromatic carbocycles. The molecule has 0 radical (unpaired) electrons. The highest BCUT2D eigenvalue weighted by atomic mass is 35.5. The van der Waals surface area contributed by atoms with E-state index in [1.165, 1.54) is 49.3 Å². The van der Waals surface area contributed by atoms with E-state index in [0.717, 1.165) is 27.8 Å². The van der Waals surface area contributed by atoms with Crippen molar-refractivity contribution < 1.29 is 9.53 Å². The number of halogens is 1. The lowest BCUT2D eigenvalue weighted by Gasteiger charge is -2.26. The van der Waals surface area contributed by atoms with Crippen LogP contribution in [-0.2, 0) is 6.54 Å². The predicted molar refractivity (Wildman–Crippen MR) is 132 cm³/mol. The van der Waals surface area contributed by atoms with Crippen molar-refractivity contribution in [2.45, 2.75) is 25.8 Å². The number of likely N-dealkylation sites (tertiary alicyclic amines) is 1. The second-order valence-electron chi connectivity index (χ2n) is 8.13. The number of methoxy groups -OCH3 is 1. The maximum absolute atomic E-state index is 12.9. The van der Waals surface area contributed by atoms with Crippen LogP contribution in [0, 0.1) is 0 Å². The van der Waals surface area contributed by atoms with Crippen LogP contribution in [-0.4, -0.2) is 36.0 Å². The second-order valence-corrected chi connectivity index (χ2v) is 9.54. The van der Waals surface area contributed by atoms with Crippen molar-refractivity contribution >= 4 is 55.7 Å². The molecule has 2 aromatic heterocycles. The number of carbonyl (C=O) groups is 1. The van der Waals surface area contributed by atoms with Crippen molar-refractivity contribution in [3.05, 3.63) is 64.0 Å².